The highest BCUT2D eigenvalue weighted by Crippen LogP contribution is 2.30. The Kier molecular flexibility index (Phi) is 2.95. The molecule has 8 heteroatoms. The van der Waals surface area contributed by atoms with E-state index in [1.807, 2.05) is 0 Å². The molecule has 0 aliphatic carbocycles. The van der Waals surface area contributed by atoms with Crippen LogP contribution in [0.5, 0.6) is 0 Å². The van der Waals surface area contributed by atoms with Gasteiger partial charge in [-0.15, -0.1) is 0 Å². The molecule has 0 amide bonds. The lowest BCUT2D eigenvalue weighted by Gasteiger charge is -1.96. The summed E-state index contributed by atoms with van der Waals surface area (Å²) in [7, 11) is -2.23. The SMILES string of the molecule is CNS(=O)(=O)c1sc(Cl)nc1Cl. The second-order valence-corrected chi connectivity index (χ2v) is 5.77. The molecule has 1 N–H and O–H groups in total. The molecule has 1 aromatic rings. The highest BCUT2D eigenvalue weighted by atomic mass is 35.5. The lowest BCUT2D eigenvalue weighted by molar-refractivity contribution is 0.590. The maximum atomic E-state index is 11.2. The molecule has 0 atom stereocenters. The van der Waals surface area contributed by atoms with E-state index in [1.54, 1.807) is 0 Å². The topological polar surface area (TPSA) is 59.1 Å². The van der Waals surface area contributed by atoms with Crippen LogP contribution in [0.25, 0.3) is 0 Å². The summed E-state index contributed by atoms with van der Waals surface area (Å²) in [4.78, 5) is 3.56. The van der Waals surface area contributed by atoms with Crippen molar-refractivity contribution in [1.29, 1.82) is 0 Å². The van der Waals surface area contributed by atoms with Crippen molar-refractivity contribution in [1.82, 2.24) is 9.71 Å². The van der Waals surface area contributed by atoms with Crippen LogP contribution in [0, 0.1) is 0 Å². The van der Waals surface area contributed by atoms with Gasteiger partial charge in [0.05, 0.1) is 0 Å². The zero-order chi connectivity index (χ0) is 9.35. The molecule has 1 heterocycles. The van der Waals surface area contributed by atoms with Crippen LogP contribution in [0.4, 0.5) is 0 Å². The fraction of sp³-hybridized carbons (Fsp3) is 0.250. The monoisotopic (exact) mass is 246 g/mol. The first-order valence-electron chi connectivity index (χ1n) is 2.73. The van der Waals surface area contributed by atoms with Crippen molar-refractivity contribution in [3.05, 3.63) is 9.62 Å². The van der Waals surface area contributed by atoms with Gasteiger partial charge in [-0.25, -0.2) is 18.1 Å². The fourth-order valence-electron chi connectivity index (χ4n) is 0.523. The third-order valence-corrected chi connectivity index (χ3v) is 4.62. The standard InChI is InChI=1S/C4H4Cl2N2O2S2/c1-7-12(9,10)3-2(5)8-4(6)11-3/h7H,1H3. The molecule has 1 rings (SSSR count). The Morgan fingerprint density at radius 2 is 2.08 bits per heavy atom. The molecule has 0 saturated heterocycles. The average molecular weight is 247 g/mol. The second-order valence-electron chi connectivity index (χ2n) is 1.75. The van der Waals surface area contributed by atoms with Crippen molar-refractivity contribution in [2.75, 3.05) is 7.05 Å². The van der Waals surface area contributed by atoms with Gasteiger partial charge in [0, 0.05) is 0 Å². The normalized spacial score (nSPS) is 11.9. The molecule has 0 aliphatic rings. The van der Waals surface area contributed by atoms with Crippen LogP contribution < -0.4 is 4.72 Å². The molecule has 0 spiro atoms. The van der Waals surface area contributed by atoms with Gasteiger partial charge >= 0.3 is 0 Å². The summed E-state index contributed by atoms with van der Waals surface area (Å²) in [5, 5.41) is -0.0978. The summed E-state index contributed by atoms with van der Waals surface area (Å²) in [6.07, 6.45) is 0. The van der Waals surface area contributed by atoms with Gasteiger partial charge in [-0.3, -0.25) is 0 Å². The number of rotatable bonds is 2. The summed E-state index contributed by atoms with van der Waals surface area (Å²) in [5.74, 6) is 0. The zero-order valence-corrected chi connectivity index (χ0v) is 8.98. The molecule has 0 radical (unpaired) electrons. The van der Waals surface area contributed by atoms with Gasteiger partial charge in [0.1, 0.15) is 0 Å². The molecule has 12 heavy (non-hydrogen) atoms. The first-order valence-corrected chi connectivity index (χ1v) is 5.78. The molecule has 0 bridgehead atoms. The van der Waals surface area contributed by atoms with Gasteiger partial charge in [0.15, 0.2) is 13.8 Å². The van der Waals surface area contributed by atoms with Crippen LogP contribution >= 0.6 is 34.5 Å². The van der Waals surface area contributed by atoms with Gasteiger partial charge in [-0.1, -0.05) is 34.5 Å². The summed E-state index contributed by atoms with van der Waals surface area (Å²) in [6, 6.07) is 0. The predicted octanol–water partition coefficient (Wildman–Crippen LogP) is 1.36. The number of sulfonamides is 1. The van der Waals surface area contributed by atoms with Crippen molar-refractivity contribution in [2.24, 2.45) is 0 Å². The number of hydrogen-bond acceptors (Lipinski definition) is 4. The maximum Gasteiger partial charge on any atom is 0.253 e. The molecule has 0 aliphatic heterocycles. The Balaban J connectivity index is 3.29. The minimum atomic E-state index is -3.52. The molecular formula is C4H4Cl2N2O2S2. The Morgan fingerprint density at radius 3 is 2.42 bits per heavy atom. The van der Waals surface area contributed by atoms with Crippen molar-refractivity contribution < 1.29 is 8.42 Å². The van der Waals surface area contributed by atoms with E-state index in [-0.39, 0.29) is 13.8 Å². The van der Waals surface area contributed by atoms with E-state index in [0.29, 0.717) is 0 Å². The highest BCUT2D eigenvalue weighted by Gasteiger charge is 2.20. The van der Waals surface area contributed by atoms with Crippen molar-refractivity contribution in [3.8, 4) is 0 Å². The fourth-order valence-corrected chi connectivity index (χ4v) is 3.37. The van der Waals surface area contributed by atoms with E-state index in [9.17, 15) is 8.42 Å². The van der Waals surface area contributed by atoms with Crippen LogP contribution in [-0.2, 0) is 10.0 Å². The first-order chi connectivity index (χ1) is 5.47. The lowest BCUT2D eigenvalue weighted by atomic mass is 11.0. The second kappa shape index (κ2) is 3.47. The first kappa shape index (κ1) is 10.2. The molecular weight excluding hydrogens is 243 g/mol. The molecule has 0 fully saturated rings. The molecule has 0 saturated carbocycles. The van der Waals surface area contributed by atoms with Crippen molar-refractivity contribution >= 4 is 44.6 Å². The summed E-state index contributed by atoms with van der Waals surface area (Å²) < 4.78 is 24.5. The number of halogens is 2. The Morgan fingerprint density at radius 1 is 1.50 bits per heavy atom. The Bertz CT molecular complexity index is 386. The number of aromatic nitrogens is 1. The van der Waals surface area contributed by atoms with E-state index >= 15 is 0 Å². The van der Waals surface area contributed by atoms with E-state index < -0.39 is 10.0 Å². The summed E-state index contributed by atoms with van der Waals surface area (Å²) in [5.41, 5.74) is 0. The van der Waals surface area contributed by atoms with E-state index in [2.05, 4.69) is 9.71 Å². The number of nitrogens with zero attached hydrogens (tertiary/aromatic N) is 1. The molecule has 1 aromatic heterocycles. The van der Waals surface area contributed by atoms with E-state index in [1.165, 1.54) is 7.05 Å². The van der Waals surface area contributed by atoms with Crippen LogP contribution in [0.2, 0.25) is 9.62 Å². The average Bonchev–Trinajstić information content (AvgIpc) is 2.31. The minimum absolute atomic E-state index is 0.0586. The smallest absolute Gasteiger partial charge is 0.213 e. The van der Waals surface area contributed by atoms with Crippen molar-refractivity contribution in [3.63, 3.8) is 0 Å². The maximum absolute atomic E-state index is 11.2. The Hall–Kier alpha value is 0.120. The van der Waals surface area contributed by atoms with E-state index in [0.717, 1.165) is 11.3 Å². The third-order valence-electron chi connectivity index (χ3n) is 1.04. The number of nitrogens with one attached hydrogen (secondary N) is 1. The quantitative estimate of drug-likeness (QED) is 0.858. The molecule has 0 unspecified atom stereocenters. The molecule has 0 aromatic carbocycles. The zero-order valence-electron chi connectivity index (χ0n) is 5.84. The lowest BCUT2D eigenvalue weighted by Crippen LogP contribution is -2.17. The minimum Gasteiger partial charge on any atom is -0.213 e. The van der Waals surface area contributed by atoms with Crippen LogP contribution in [0.1, 0.15) is 0 Å². The highest BCUT2D eigenvalue weighted by molar-refractivity contribution is 7.91. The van der Waals surface area contributed by atoms with Gasteiger partial charge < -0.3 is 0 Å². The number of hydrogen-bond donors (Lipinski definition) is 1. The predicted molar refractivity (Wildman–Crippen MR) is 48.4 cm³/mol. The molecule has 68 valence electrons. The van der Waals surface area contributed by atoms with Crippen molar-refractivity contribution in [2.45, 2.75) is 4.21 Å². The van der Waals surface area contributed by atoms with Crippen LogP contribution in [-0.4, -0.2) is 20.4 Å². The summed E-state index contributed by atoms with van der Waals surface area (Å²) >= 11 is 11.8. The number of thiazole rings is 1. The van der Waals surface area contributed by atoms with Crippen LogP contribution in [0.3, 0.4) is 0 Å². The van der Waals surface area contributed by atoms with Gasteiger partial charge in [-0.2, -0.15) is 0 Å². The van der Waals surface area contributed by atoms with E-state index in [4.69, 9.17) is 23.2 Å². The van der Waals surface area contributed by atoms with Gasteiger partial charge in [0.25, 0.3) is 10.0 Å². The Labute approximate surface area is 83.6 Å². The van der Waals surface area contributed by atoms with Gasteiger partial charge in [-0.05, 0) is 7.05 Å². The van der Waals surface area contributed by atoms with Crippen LogP contribution in [0.15, 0.2) is 4.21 Å². The largest absolute Gasteiger partial charge is 0.253 e. The van der Waals surface area contributed by atoms with Gasteiger partial charge in [0.2, 0.25) is 0 Å². The molecule has 4 nitrogen and oxygen atoms in total. The summed E-state index contributed by atoms with van der Waals surface area (Å²) in [6.45, 7) is 0. The third kappa shape index (κ3) is 1.89.